The molecule has 0 aliphatic heterocycles. The Kier molecular flexibility index (Phi) is 3.45. The minimum atomic E-state index is -4.64. The van der Waals surface area contributed by atoms with Gasteiger partial charge in [-0.2, -0.15) is 13.2 Å². The first-order chi connectivity index (χ1) is 8.77. The molecule has 0 saturated carbocycles. The summed E-state index contributed by atoms with van der Waals surface area (Å²) in [6.07, 6.45) is -4.64. The maximum atomic E-state index is 13.2. The van der Waals surface area contributed by atoms with Gasteiger partial charge < -0.3 is 0 Å². The summed E-state index contributed by atoms with van der Waals surface area (Å²) < 4.78 is 51.0. The average Bonchev–Trinajstić information content (AvgIpc) is 2.30. The van der Waals surface area contributed by atoms with E-state index in [2.05, 4.69) is 9.97 Å². The molecule has 0 N–H and O–H groups in total. The minimum absolute atomic E-state index is 0.0654. The molecule has 0 unspecified atom stereocenters. The number of nitrogens with zero attached hydrogens (tertiary/aromatic N) is 2. The number of halogens is 5. The molecular weight excluding hydrogens is 284 g/mol. The van der Waals surface area contributed by atoms with E-state index < -0.39 is 23.0 Å². The summed E-state index contributed by atoms with van der Waals surface area (Å²) in [6.45, 7) is 1.64. The van der Waals surface area contributed by atoms with Crippen LogP contribution in [0.25, 0.3) is 11.3 Å². The number of hydrogen-bond donors (Lipinski definition) is 0. The first-order valence-corrected chi connectivity index (χ1v) is 5.53. The number of benzene rings is 1. The predicted octanol–water partition coefficient (Wildman–Crippen LogP) is 4.26. The van der Waals surface area contributed by atoms with E-state index in [1.54, 1.807) is 6.92 Å². The topological polar surface area (TPSA) is 25.8 Å². The second-order valence-electron chi connectivity index (χ2n) is 3.86. The van der Waals surface area contributed by atoms with Gasteiger partial charge in [0.1, 0.15) is 11.5 Å². The van der Waals surface area contributed by atoms with Gasteiger partial charge >= 0.3 is 6.18 Å². The molecule has 2 nitrogen and oxygen atoms in total. The summed E-state index contributed by atoms with van der Waals surface area (Å²) in [4.78, 5) is 6.83. The lowest BCUT2D eigenvalue weighted by Crippen LogP contribution is -2.09. The van der Waals surface area contributed by atoms with E-state index in [0.717, 1.165) is 12.1 Å². The molecule has 0 bridgehead atoms. The summed E-state index contributed by atoms with van der Waals surface area (Å²) in [5, 5.41) is -0.534. The molecule has 19 heavy (non-hydrogen) atoms. The largest absolute Gasteiger partial charge is 0.433 e. The molecule has 0 saturated heterocycles. The van der Waals surface area contributed by atoms with Crippen LogP contribution in [-0.2, 0) is 6.18 Å². The molecule has 0 amide bonds. The maximum absolute atomic E-state index is 13.2. The van der Waals surface area contributed by atoms with Gasteiger partial charge in [0, 0.05) is 5.56 Å². The normalized spacial score (nSPS) is 11.7. The Morgan fingerprint density at radius 2 is 1.79 bits per heavy atom. The number of alkyl halides is 3. The van der Waals surface area contributed by atoms with Crippen molar-refractivity contribution >= 4 is 11.6 Å². The van der Waals surface area contributed by atoms with E-state index >= 15 is 0 Å². The van der Waals surface area contributed by atoms with Crippen molar-refractivity contribution in [2.45, 2.75) is 13.1 Å². The van der Waals surface area contributed by atoms with Gasteiger partial charge in [-0.3, -0.25) is 0 Å². The highest BCUT2D eigenvalue weighted by molar-refractivity contribution is 6.28. The Bertz CT molecular complexity index is 626. The van der Waals surface area contributed by atoms with Crippen LogP contribution >= 0.6 is 11.6 Å². The lowest BCUT2D eigenvalue weighted by Gasteiger charge is -2.10. The molecule has 0 spiro atoms. The van der Waals surface area contributed by atoms with E-state index in [0.29, 0.717) is 5.56 Å². The highest BCUT2D eigenvalue weighted by Crippen LogP contribution is 2.32. The summed E-state index contributed by atoms with van der Waals surface area (Å²) >= 11 is 5.48. The predicted molar refractivity (Wildman–Crippen MR) is 62.2 cm³/mol. The molecule has 1 heterocycles. The van der Waals surface area contributed by atoms with Crippen molar-refractivity contribution in [1.82, 2.24) is 9.97 Å². The van der Waals surface area contributed by atoms with Gasteiger partial charge in [0.2, 0.25) is 5.28 Å². The molecule has 1 aromatic carbocycles. The van der Waals surface area contributed by atoms with Crippen LogP contribution in [-0.4, -0.2) is 9.97 Å². The number of aryl methyl sites for hydroxylation is 1. The van der Waals surface area contributed by atoms with E-state index in [4.69, 9.17) is 11.6 Å². The molecule has 1 aromatic heterocycles. The van der Waals surface area contributed by atoms with Crippen LogP contribution in [0.5, 0.6) is 0 Å². The zero-order valence-corrected chi connectivity index (χ0v) is 10.3. The third-order valence-corrected chi connectivity index (χ3v) is 2.63. The van der Waals surface area contributed by atoms with Crippen LogP contribution in [0.15, 0.2) is 24.3 Å². The lowest BCUT2D eigenvalue weighted by molar-refractivity contribution is -0.141. The summed E-state index contributed by atoms with van der Waals surface area (Å²) in [6, 6.07) is 4.52. The Morgan fingerprint density at radius 3 is 2.42 bits per heavy atom. The number of aromatic nitrogens is 2. The SMILES string of the molecule is Cc1ccc(F)cc1-c1cc(C(F)(F)F)nc(Cl)n1. The average molecular weight is 291 g/mol. The molecule has 2 aromatic rings. The fourth-order valence-electron chi connectivity index (χ4n) is 1.57. The second-order valence-corrected chi connectivity index (χ2v) is 4.20. The Hall–Kier alpha value is -1.69. The second kappa shape index (κ2) is 4.77. The number of rotatable bonds is 1. The van der Waals surface area contributed by atoms with E-state index in [9.17, 15) is 17.6 Å². The Labute approximate surface area is 111 Å². The van der Waals surface area contributed by atoms with Crippen molar-refractivity contribution in [3.05, 3.63) is 46.6 Å². The zero-order valence-electron chi connectivity index (χ0n) is 9.59. The summed E-state index contributed by atoms with van der Waals surface area (Å²) in [5.74, 6) is -0.566. The van der Waals surface area contributed by atoms with Crippen LogP contribution in [0.4, 0.5) is 17.6 Å². The smallest absolute Gasteiger partial charge is 0.218 e. The quantitative estimate of drug-likeness (QED) is 0.579. The minimum Gasteiger partial charge on any atom is -0.218 e. The van der Waals surface area contributed by atoms with Crippen LogP contribution in [0, 0.1) is 12.7 Å². The molecule has 0 atom stereocenters. The van der Waals surface area contributed by atoms with Crippen molar-refractivity contribution in [2.24, 2.45) is 0 Å². The van der Waals surface area contributed by atoms with E-state index in [1.807, 2.05) is 0 Å². The van der Waals surface area contributed by atoms with Crippen LogP contribution in [0.1, 0.15) is 11.3 Å². The zero-order chi connectivity index (χ0) is 14.2. The first kappa shape index (κ1) is 13.7. The van der Waals surface area contributed by atoms with E-state index in [-0.39, 0.29) is 11.3 Å². The summed E-state index contributed by atoms with van der Waals surface area (Å²) in [7, 11) is 0. The third kappa shape index (κ3) is 3.01. The molecule has 0 radical (unpaired) electrons. The first-order valence-electron chi connectivity index (χ1n) is 5.15. The third-order valence-electron chi connectivity index (χ3n) is 2.46. The van der Waals surface area contributed by atoms with Crippen LogP contribution in [0.2, 0.25) is 5.28 Å². The fraction of sp³-hybridized carbons (Fsp3) is 0.167. The van der Waals surface area contributed by atoms with E-state index in [1.165, 1.54) is 12.1 Å². The van der Waals surface area contributed by atoms with Crippen molar-refractivity contribution in [3.8, 4) is 11.3 Å². The lowest BCUT2D eigenvalue weighted by atomic mass is 10.0. The monoisotopic (exact) mass is 290 g/mol. The van der Waals surface area contributed by atoms with Crippen molar-refractivity contribution in [3.63, 3.8) is 0 Å². The molecular formula is C12H7ClF4N2. The van der Waals surface area contributed by atoms with Gasteiger partial charge in [-0.1, -0.05) is 6.07 Å². The molecule has 7 heteroatoms. The molecule has 0 aliphatic rings. The van der Waals surface area contributed by atoms with Gasteiger partial charge in [0.25, 0.3) is 0 Å². The highest BCUT2D eigenvalue weighted by Gasteiger charge is 2.33. The molecule has 2 rings (SSSR count). The number of hydrogen-bond acceptors (Lipinski definition) is 2. The van der Waals surface area contributed by atoms with Gasteiger partial charge in [-0.05, 0) is 42.3 Å². The van der Waals surface area contributed by atoms with Gasteiger partial charge in [-0.15, -0.1) is 0 Å². The maximum Gasteiger partial charge on any atom is 0.433 e. The molecule has 0 aliphatic carbocycles. The summed E-state index contributed by atoms with van der Waals surface area (Å²) in [5.41, 5.74) is -0.394. The Balaban J connectivity index is 2.63. The fourth-order valence-corrected chi connectivity index (χ4v) is 1.75. The van der Waals surface area contributed by atoms with Crippen LogP contribution < -0.4 is 0 Å². The van der Waals surface area contributed by atoms with Crippen molar-refractivity contribution < 1.29 is 17.6 Å². The molecule has 0 fully saturated rings. The Morgan fingerprint density at radius 1 is 1.11 bits per heavy atom. The standard InChI is InChI=1S/C12H7ClF4N2/c1-6-2-3-7(14)4-8(6)9-5-10(12(15,16)17)19-11(13)18-9/h2-5H,1H3. The van der Waals surface area contributed by atoms with Gasteiger partial charge in [0.15, 0.2) is 0 Å². The molecule has 100 valence electrons. The van der Waals surface area contributed by atoms with Crippen LogP contribution in [0.3, 0.4) is 0 Å². The van der Waals surface area contributed by atoms with Gasteiger partial charge in [-0.25, -0.2) is 14.4 Å². The van der Waals surface area contributed by atoms with Crippen molar-refractivity contribution in [2.75, 3.05) is 0 Å². The highest BCUT2D eigenvalue weighted by atomic mass is 35.5. The van der Waals surface area contributed by atoms with Gasteiger partial charge in [0.05, 0.1) is 5.69 Å². The van der Waals surface area contributed by atoms with Crippen molar-refractivity contribution in [1.29, 1.82) is 0 Å².